The number of nitrogens with two attached hydrogens (primary N) is 1. The average molecular weight is 503 g/mol. The number of aliphatic hydroxyl groups excluding tert-OH is 1. The maximum absolute atomic E-state index is 12.0. The molecule has 3 heterocycles. The standard InChI is InChI=1S/C24H31ClN6O4/c25-20-23(28-16-3-7-18(32)8-4-16)30-22(19(29-20)21(26)33)27-15-1-5-17(6-2-15)31-11-9-24(10-12-31)34-13-14-35-24/h1-2,5-6,16,18,32H,3-4,7-14H2,(H2,26,33)(H2,27,28,30). The van der Waals surface area contributed by atoms with E-state index in [1.807, 2.05) is 24.3 Å². The number of aromatic nitrogens is 2. The molecule has 35 heavy (non-hydrogen) atoms. The molecule has 1 saturated carbocycles. The third-order valence-corrected chi connectivity index (χ3v) is 7.22. The van der Waals surface area contributed by atoms with Gasteiger partial charge in [0.1, 0.15) is 0 Å². The molecule has 10 nitrogen and oxygen atoms in total. The predicted octanol–water partition coefficient (Wildman–Crippen LogP) is 3.03. The zero-order chi connectivity index (χ0) is 24.4. The van der Waals surface area contributed by atoms with Gasteiger partial charge in [-0.25, -0.2) is 9.97 Å². The van der Waals surface area contributed by atoms with Crippen LogP contribution >= 0.6 is 11.6 Å². The van der Waals surface area contributed by atoms with Crippen molar-refractivity contribution in [2.75, 3.05) is 41.8 Å². The van der Waals surface area contributed by atoms with E-state index in [9.17, 15) is 9.90 Å². The lowest BCUT2D eigenvalue weighted by Crippen LogP contribution is -2.45. The minimum Gasteiger partial charge on any atom is -0.393 e. The lowest BCUT2D eigenvalue weighted by molar-refractivity contribution is -0.169. The van der Waals surface area contributed by atoms with Crippen LogP contribution in [0, 0.1) is 0 Å². The SMILES string of the molecule is NC(=O)c1nc(Cl)c(NC2CCC(O)CC2)nc1Nc1ccc(N2CCC3(CC2)OCCO3)cc1. The van der Waals surface area contributed by atoms with Gasteiger partial charge in [0.25, 0.3) is 5.91 Å². The zero-order valence-electron chi connectivity index (χ0n) is 19.5. The van der Waals surface area contributed by atoms with E-state index in [0.717, 1.165) is 63.0 Å². The quantitative estimate of drug-likeness (QED) is 0.470. The van der Waals surface area contributed by atoms with Gasteiger partial charge in [0.2, 0.25) is 0 Å². The summed E-state index contributed by atoms with van der Waals surface area (Å²) in [5.74, 6) is -0.497. The molecule has 11 heteroatoms. The van der Waals surface area contributed by atoms with E-state index in [-0.39, 0.29) is 28.8 Å². The molecular formula is C24H31ClN6O4. The van der Waals surface area contributed by atoms with Crippen LogP contribution in [0.3, 0.4) is 0 Å². The molecule has 188 valence electrons. The lowest BCUT2D eigenvalue weighted by Gasteiger charge is -2.38. The fourth-order valence-corrected chi connectivity index (χ4v) is 5.14. The third kappa shape index (κ3) is 5.45. The van der Waals surface area contributed by atoms with E-state index in [0.29, 0.717) is 19.0 Å². The Morgan fingerprint density at radius 1 is 1.06 bits per heavy atom. The number of carbonyl (C=O) groups is 1. The fourth-order valence-electron chi connectivity index (χ4n) is 4.96. The van der Waals surface area contributed by atoms with Gasteiger partial charge in [-0.3, -0.25) is 4.79 Å². The second-order valence-electron chi connectivity index (χ2n) is 9.34. The van der Waals surface area contributed by atoms with E-state index in [4.69, 9.17) is 26.8 Å². The van der Waals surface area contributed by atoms with Crippen LogP contribution in [0.4, 0.5) is 23.0 Å². The Labute approximate surface area is 209 Å². The molecule has 2 aliphatic heterocycles. The molecule has 1 amide bonds. The minimum atomic E-state index is -0.718. The van der Waals surface area contributed by atoms with Gasteiger partial charge in [-0.05, 0) is 49.9 Å². The number of rotatable bonds is 6. The van der Waals surface area contributed by atoms with Gasteiger partial charge < -0.3 is 35.8 Å². The Bertz CT molecular complexity index is 1040. The van der Waals surface area contributed by atoms with Crippen molar-refractivity contribution >= 4 is 40.5 Å². The van der Waals surface area contributed by atoms with Gasteiger partial charge in [-0.1, -0.05) is 11.6 Å². The van der Waals surface area contributed by atoms with Crippen molar-refractivity contribution in [1.29, 1.82) is 0 Å². The Kier molecular flexibility index (Phi) is 6.97. The van der Waals surface area contributed by atoms with Crippen molar-refractivity contribution in [3.8, 4) is 0 Å². The maximum Gasteiger partial charge on any atom is 0.271 e. The number of aliphatic hydroxyl groups is 1. The molecule has 1 aromatic carbocycles. The third-order valence-electron chi connectivity index (χ3n) is 6.96. The number of nitrogens with one attached hydrogen (secondary N) is 2. The summed E-state index contributed by atoms with van der Waals surface area (Å²) in [6.45, 7) is 3.05. The topological polar surface area (TPSA) is 135 Å². The highest BCUT2D eigenvalue weighted by atomic mass is 35.5. The first-order chi connectivity index (χ1) is 16.9. The first-order valence-corrected chi connectivity index (χ1v) is 12.5. The van der Waals surface area contributed by atoms with Crippen molar-refractivity contribution in [3.63, 3.8) is 0 Å². The molecule has 0 atom stereocenters. The summed E-state index contributed by atoms with van der Waals surface area (Å²) in [6.07, 6.45) is 4.46. The van der Waals surface area contributed by atoms with Crippen molar-refractivity contribution in [2.24, 2.45) is 5.73 Å². The summed E-state index contributed by atoms with van der Waals surface area (Å²) in [5, 5.41) is 16.3. The smallest absolute Gasteiger partial charge is 0.271 e. The minimum absolute atomic E-state index is 0.0263. The van der Waals surface area contributed by atoms with E-state index >= 15 is 0 Å². The van der Waals surface area contributed by atoms with Crippen LogP contribution in [0.2, 0.25) is 5.15 Å². The zero-order valence-corrected chi connectivity index (χ0v) is 20.3. The lowest BCUT2D eigenvalue weighted by atomic mass is 9.93. The molecule has 1 aliphatic carbocycles. The van der Waals surface area contributed by atoms with Crippen molar-refractivity contribution in [2.45, 2.75) is 56.5 Å². The summed E-state index contributed by atoms with van der Waals surface area (Å²) in [4.78, 5) is 23.1. The fraction of sp³-hybridized carbons (Fsp3) is 0.542. The molecule has 1 aromatic heterocycles. The summed E-state index contributed by atoms with van der Waals surface area (Å²) in [5.41, 5.74) is 7.36. The van der Waals surface area contributed by atoms with Crippen molar-refractivity contribution in [3.05, 3.63) is 35.1 Å². The highest BCUT2D eigenvalue weighted by molar-refractivity contribution is 6.32. The summed E-state index contributed by atoms with van der Waals surface area (Å²) >= 11 is 6.30. The molecule has 0 radical (unpaired) electrons. The monoisotopic (exact) mass is 502 g/mol. The van der Waals surface area contributed by atoms with Crippen LogP contribution in [0.5, 0.6) is 0 Å². The Hall–Kier alpha value is -2.66. The van der Waals surface area contributed by atoms with Crippen LogP contribution in [-0.2, 0) is 9.47 Å². The number of hydrogen-bond donors (Lipinski definition) is 4. The number of piperidine rings is 1. The van der Waals surface area contributed by atoms with E-state index in [1.54, 1.807) is 0 Å². The molecule has 3 fully saturated rings. The first kappa shape index (κ1) is 24.1. The number of carbonyl (C=O) groups excluding carboxylic acids is 1. The van der Waals surface area contributed by atoms with Gasteiger partial charge in [-0.15, -0.1) is 0 Å². The molecule has 3 aliphatic rings. The van der Waals surface area contributed by atoms with Crippen LogP contribution in [-0.4, -0.2) is 65.2 Å². The summed E-state index contributed by atoms with van der Waals surface area (Å²) in [7, 11) is 0. The molecule has 1 spiro atoms. The number of amides is 1. The number of halogens is 1. The van der Waals surface area contributed by atoms with Crippen molar-refractivity contribution < 1.29 is 19.4 Å². The van der Waals surface area contributed by atoms with Crippen LogP contribution in [0.25, 0.3) is 0 Å². The van der Waals surface area contributed by atoms with Crippen LogP contribution in [0.15, 0.2) is 24.3 Å². The highest BCUT2D eigenvalue weighted by Crippen LogP contribution is 2.34. The molecule has 0 bridgehead atoms. The molecule has 5 rings (SSSR count). The molecule has 5 N–H and O–H groups in total. The predicted molar refractivity (Wildman–Crippen MR) is 133 cm³/mol. The largest absolute Gasteiger partial charge is 0.393 e. The van der Waals surface area contributed by atoms with Gasteiger partial charge in [0.05, 0.1) is 19.3 Å². The molecular weight excluding hydrogens is 472 g/mol. The first-order valence-electron chi connectivity index (χ1n) is 12.1. The van der Waals surface area contributed by atoms with Gasteiger partial charge in [-0.2, -0.15) is 0 Å². The second-order valence-corrected chi connectivity index (χ2v) is 9.70. The van der Waals surface area contributed by atoms with Gasteiger partial charge >= 0.3 is 0 Å². The summed E-state index contributed by atoms with van der Waals surface area (Å²) in [6, 6.07) is 8.03. The molecule has 2 saturated heterocycles. The number of ether oxygens (including phenoxy) is 2. The van der Waals surface area contributed by atoms with E-state index < -0.39 is 11.7 Å². The average Bonchev–Trinajstić information content (AvgIpc) is 3.31. The van der Waals surface area contributed by atoms with Crippen LogP contribution < -0.4 is 21.3 Å². The molecule has 2 aromatic rings. The number of hydrogen-bond acceptors (Lipinski definition) is 9. The van der Waals surface area contributed by atoms with E-state index in [1.165, 1.54) is 0 Å². The highest BCUT2D eigenvalue weighted by Gasteiger charge is 2.39. The van der Waals surface area contributed by atoms with Crippen molar-refractivity contribution in [1.82, 2.24) is 9.97 Å². The Balaban J connectivity index is 1.28. The summed E-state index contributed by atoms with van der Waals surface area (Å²) < 4.78 is 11.6. The number of primary amides is 1. The van der Waals surface area contributed by atoms with Gasteiger partial charge in [0, 0.05) is 43.3 Å². The van der Waals surface area contributed by atoms with E-state index in [2.05, 4.69) is 25.5 Å². The number of anilines is 4. The van der Waals surface area contributed by atoms with Crippen LogP contribution in [0.1, 0.15) is 49.0 Å². The Morgan fingerprint density at radius 2 is 1.71 bits per heavy atom. The molecule has 0 unspecified atom stereocenters. The normalized spacial score (nSPS) is 23.9. The number of nitrogens with zero attached hydrogens (tertiary/aromatic N) is 3. The Morgan fingerprint density at radius 3 is 2.34 bits per heavy atom. The van der Waals surface area contributed by atoms with Gasteiger partial charge in [0.15, 0.2) is 28.3 Å². The number of benzene rings is 1. The second kappa shape index (κ2) is 10.1. The maximum atomic E-state index is 12.0.